The van der Waals surface area contributed by atoms with Crippen LogP contribution in [0.3, 0.4) is 0 Å². The highest BCUT2D eigenvalue weighted by Gasteiger charge is 2.78. The molecule has 10 rings (SSSR count). The molecule has 1 spiro atoms. The summed E-state index contributed by atoms with van der Waals surface area (Å²) in [5.41, 5.74) is 14.2. The van der Waals surface area contributed by atoms with Crippen molar-refractivity contribution in [3.8, 4) is 22.4 Å². The Kier molecular flexibility index (Phi) is 4.35. The number of aromatic nitrogens is 2. The minimum absolute atomic E-state index is 0.181. The second-order valence-corrected chi connectivity index (χ2v) is 13.2. The highest BCUT2D eigenvalue weighted by molar-refractivity contribution is 6.07. The van der Waals surface area contributed by atoms with Crippen molar-refractivity contribution >= 4 is 21.8 Å². The molecule has 4 heteroatoms. The van der Waals surface area contributed by atoms with Gasteiger partial charge in [0.25, 0.3) is 0 Å². The molecule has 3 unspecified atom stereocenters. The summed E-state index contributed by atoms with van der Waals surface area (Å²) < 4.78 is 8.41. The molecule has 6 aromatic rings. The third kappa shape index (κ3) is 2.60. The van der Waals surface area contributed by atoms with E-state index < -0.39 is 11.2 Å². The largest absolute Gasteiger partial charge is 0.360 e. The third-order valence-corrected chi connectivity index (χ3v) is 10.8. The lowest BCUT2D eigenvalue weighted by molar-refractivity contribution is -0.678. The van der Waals surface area contributed by atoms with Gasteiger partial charge in [0, 0.05) is 41.3 Å². The average Bonchev–Trinajstić information content (AvgIpc) is 3.55. The lowest BCUT2D eigenvalue weighted by Crippen LogP contribution is -2.46. The van der Waals surface area contributed by atoms with Gasteiger partial charge in [0.1, 0.15) is 5.92 Å². The molecule has 0 radical (unpaired) electrons. The molecule has 3 heterocycles. The van der Waals surface area contributed by atoms with Crippen LogP contribution in [-0.4, -0.2) is 23.0 Å². The molecular formula is C39H31N2O2+. The number of nitrogens with zero attached hydrogens (tertiary/aromatic N) is 2. The van der Waals surface area contributed by atoms with Crippen molar-refractivity contribution in [3.63, 3.8) is 0 Å². The Labute approximate surface area is 250 Å². The molecule has 1 saturated carbocycles. The summed E-state index contributed by atoms with van der Waals surface area (Å²) >= 11 is 0. The number of ether oxygens (including phenoxy) is 1. The lowest BCUT2D eigenvalue weighted by atomic mass is 9.61. The molecule has 1 fully saturated rings. The molecule has 4 aromatic carbocycles. The molecular weight excluding hydrogens is 528 g/mol. The number of hydrogen-bond acceptors (Lipinski definition) is 3. The zero-order valence-electron chi connectivity index (χ0n) is 24.4. The summed E-state index contributed by atoms with van der Waals surface area (Å²) in [4.78, 5) is 5.03. The summed E-state index contributed by atoms with van der Waals surface area (Å²) in [5.74, 6) is -0.960. The van der Waals surface area contributed by atoms with E-state index in [-0.39, 0.29) is 12.0 Å². The van der Waals surface area contributed by atoms with Crippen molar-refractivity contribution in [3.05, 3.63) is 131 Å². The van der Waals surface area contributed by atoms with Crippen LogP contribution in [0.5, 0.6) is 0 Å². The second kappa shape index (κ2) is 7.76. The zero-order chi connectivity index (χ0) is 28.8. The number of pyridine rings is 2. The Bertz CT molecular complexity index is 2190. The quantitative estimate of drug-likeness (QED) is 0.184. The molecule has 0 bridgehead atoms. The van der Waals surface area contributed by atoms with Gasteiger partial charge in [0.2, 0.25) is 23.0 Å². The topological polar surface area (TPSA) is 46.2 Å². The molecule has 0 amide bonds. The van der Waals surface area contributed by atoms with Gasteiger partial charge in [-0.25, -0.2) is 0 Å². The first-order valence-electron chi connectivity index (χ1n) is 15.4. The van der Waals surface area contributed by atoms with Gasteiger partial charge in [-0.3, -0.25) is 4.98 Å². The number of aliphatic hydroxyl groups is 1. The van der Waals surface area contributed by atoms with Gasteiger partial charge < -0.3 is 9.84 Å². The number of hydrogen-bond donors (Lipinski definition) is 1. The summed E-state index contributed by atoms with van der Waals surface area (Å²) in [6, 6.07) is 33.5. The van der Waals surface area contributed by atoms with E-state index in [0.29, 0.717) is 5.92 Å². The fraction of sp³-hybridized carbons (Fsp3) is 0.231. The van der Waals surface area contributed by atoms with Crippen molar-refractivity contribution in [2.75, 3.05) is 7.11 Å². The van der Waals surface area contributed by atoms with Crippen LogP contribution in [0.15, 0.2) is 97.2 Å². The zero-order valence-corrected chi connectivity index (χ0v) is 24.4. The van der Waals surface area contributed by atoms with E-state index in [1.165, 1.54) is 61.0 Å². The molecule has 0 saturated heterocycles. The lowest BCUT2D eigenvalue weighted by Gasteiger charge is -2.39. The maximum Gasteiger partial charge on any atom is 0.244 e. The fourth-order valence-corrected chi connectivity index (χ4v) is 9.22. The molecule has 4 aliphatic rings. The van der Waals surface area contributed by atoms with E-state index in [9.17, 15) is 5.11 Å². The first-order valence-corrected chi connectivity index (χ1v) is 15.4. The van der Waals surface area contributed by atoms with E-state index in [0.717, 1.165) is 23.0 Å². The van der Waals surface area contributed by atoms with Gasteiger partial charge >= 0.3 is 0 Å². The SMILES string of the molecule is COC1(O)C2c3cnc4cccc5c4c3-c3c(cc4c(CC(C)C)cccc4[n+]3C21)C51c2ccccc2-c2ccccc21. The van der Waals surface area contributed by atoms with Crippen LogP contribution >= 0.6 is 0 Å². The van der Waals surface area contributed by atoms with Gasteiger partial charge in [-0.2, -0.15) is 4.57 Å². The van der Waals surface area contributed by atoms with Crippen LogP contribution in [0, 0.1) is 5.92 Å². The van der Waals surface area contributed by atoms with Gasteiger partial charge in [0.15, 0.2) is 0 Å². The van der Waals surface area contributed by atoms with Crippen molar-refractivity contribution in [2.45, 2.75) is 43.4 Å². The Morgan fingerprint density at radius 1 is 0.860 bits per heavy atom. The maximum absolute atomic E-state index is 12.0. The predicted molar refractivity (Wildman–Crippen MR) is 168 cm³/mol. The van der Waals surface area contributed by atoms with Crippen LogP contribution in [0.1, 0.15) is 59.2 Å². The molecule has 3 aliphatic carbocycles. The maximum atomic E-state index is 12.0. The molecule has 1 N–H and O–H groups in total. The van der Waals surface area contributed by atoms with Crippen LogP contribution in [-0.2, 0) is 16.6 Å². The Balaban J connectivity index is 1.50. The minimum Gasteiger partial charge on any atom is -0.360 e. The van der Waals surface area contributed by atoms with E-state index in [2.05, 4.69) is 109 Å². The average molecular weight is 560 g/mol. The van der Waals surface area contributed by atoms with Crippen molar-refractivity contribution < 1.29 is 14.4 Å². The Morgan fingerprint density at radius 2 is 1.56 bits per heavy atom. The highest BCUT2D eigenvalue weighted by atomic mass is 16.6. The standard InChI is InChI=1S/C39H31N2O2/c1-21(2)18-22-10-8-17-32-25(22)19-30-36-33-26(35-37(41(32)36)39(35,42)43-3)20-40-31-16-9-15-29(34(31)33)38(30)27-13-6-4-11-23(27)24-12-5-7-14-28(24)38/h4-17,19-21,35,37,42H,18H2,1-3H3/q+1. The van der Waals surface area contributed by atoms with E-state index in [1.54, 1.807) is 7.11 Å². The smallest absolute Gasteiger partial charge is 0.244 e. The minimum atomic E-state index is -1.29. The summed E-state index contributed by atoms with van der Waals surface area (Å²) in [6.07, 6.45) is 2.98. The van der Waals surface area contributed by atoms with Gasteiger partial charge in [-0.15, -0.1) is 0 Å². The van der Waals surface area contributed by atoms with Gasteiger partial charge in [-0.05, 0) is 57.9 Å². The monoisotopic (exact) mass is 559 g/mol. The number of rotatable bonds is 3. The highest BCUT2D eigenvalue weighted by Crippen LogP contribution is 2.68. The van der Waals surface area contributed by atoms with E-state index >= 15 is 0 Å². The summed E-state index contributed by atoms with van der Waals surface area (Å²) in [6.45, 7) is 4.58. The molecule has 2 aromatic heterocycles. The number of benzene rings is 4. The molecule has 4 nitrogen and oxygen atoms in total. The summed E-state index contributed by atoms with van der Waals surface area (Å²) in [5, 5.41) is 14.5. The Morgan fingerprint density at radius 3 is 2.28 bits per heavy atom. The molecule has 208 valence electrons. The first-order chi connectivity index (χ1) is 21.0. The van der Waals surface area contributed by atoms with Crippen molar-refractivity contribution in [1.82, 2.24) is 4.98 Å². The van der Waals surface area contributed by atoms with Crippen molar-refractivity contribution in [1.29, 1.82) is 0 Å². The normalized spacial score (nSPS) is 22.6. The second-order valence-electron chi connectivity index (χ2n) is 13.2. The van der Waals surface area contributed by atoms with E-state index in [4.69, 9.17) is 9.72 Å². The molecule has 3 atom stereocenters. The van der Waals surface area contributed by atoms with Crippen LogP contribution < -0.4 is 4.57 Å². The fourth-order valence-electron chi connectivity index (χ4n) is 9.22. The first kappa shape index (κ1) is 24.1. The molecule has 43 heavy (non-hydrogen) atoms. The number of fused-ring (bicyclic) bond motifs is 12. The van der Waals surface area contributed by atoms with Crippen LogP contribution in [0.4, 0.5) is 0 Å². The van der Waals surface area contributed by atoms with E-state index in [1.807, 2.05) is 6.20 Å². The van der Waals surface area contributed by atoms with Crippen LogP contribution in [0.25, 0.3) is 44.2 Å². The summed E-state index contributed by atoms with van der Waals surface area (Å²) in [7, 11) is 1.64. The predicted octanol–water partition coefficient (Wildman–Crippen LogP) is 7.20. The Hall–Kier alpha value is -4.38. The number of methoxy groups -OCH3 is 1. The van der Waals surface area contributed by atoms with Gasteiger partial charge in [0.05, 0.1) is 16.5 Å². The third-order valence-electron chi connectivity index (χ3n) is 10.8. The van der Waals surface area contributed by atoms with Gasteiger partial charge in [-0.1, -0.05) is 86.6 Å². The van der Waals surface area contributed by atoms with Crippen LogP contribution in [0.2, 0.25) is 0 Å². The van der Waals surface area contributed by atoms with Crippen molar-refractivity contribution in [2.24, 2.45) is 5.92 Å². The molecule has 1 aliphatic heterocycles.